The molecule has 2 aromatic carbocycles. The summed E-state index contributed by atoms with van der Waals surface area (Å²) in [5.41, 5.74) is 0.104. The van der Waals surface area contributed by atoms with Crippen molar-refractivity contribution in [2.75, 3.05) is 6.54 Å². The SMILES string of the molecule is O=C(CN(C(=O)c1ccc(Cl)cc1Cl)N1C(=O)[C@H]2[C@H](C1=O)[C@H]1C=C[C@H]2C1)c1ccc(Cl)cc1Cl. The van der Waals surface area contributed by atoms with Gasteiger partial charge in [-0.1, -0.05) is 58.6 Å². The first-order chi connectivity index (χ1) is 16.2. The van der Waals surface area contributed by atoms with Crippen LogP contribution in [0.25, 0.3) is 0 Å². The van der Waals surface area contributed by atoms with Gasteiger partial charge in [0.1, 0.15) is 6.54 Å². The molecule has 1 saturated carbocycles. The normalized spacial score (nSPS) is 24.6. The maximum atomic E-state index is 13.6. The summed E-state index contributed by atoms with van der Waals surface area (Å²) in [6, 6.07) is 8.54. The Labute approximate surface area is 215 Å². The van der Waals surface area contributed by atoms with Gasteiger partial charge in [-0.25, -0.2) is 5.01 Å². The van der Waals surface area contributed by atoms with E-state index in [1.807, 2.05) is 12.2 Å². The Kier molecular flexibility index (Phi) is 5.97. The number of rotatable bonds is 5. The number of carbonyl (C=O) groups excluding carboxylic acids is 4. The first kappa shape index (κ1) is 23.4. The average Bonchev–Trinajstić information content (AvgIpc) is 3.45. The average molecular weight is 538 g/mol. The lowest BCUT2D eigenvalue weighted by Crippen LogP contribution is -2.52. The fraction of sp³-hybridized carbons (Fsp3) is 0.250. The summed E-state index contributed by atoms with van der Waals surface area (Å²) in [7, 11) is 0. The maximum Gasteiger partial charge on any atom is 0.274 e. The van der Waals surface area contributed by atoms with Gasteiger partial charge in [0, 0.05) is 15.6 Å². The van der Waals surface area contributed by atoms with E-state index in [9.17, 15) is 19.2 Å². The van der Waals surface area contributed by atoms with Crippen molar-refractivity contribution in [1.29, 1.82) is 0 Å². The molecular formula is C24H16Cl4N2O4. The zero-order valence-electron chi connectivity index (χ0n) is 17.4. The van der Waals surface area contributed by atoms with E-state index < -0.39 is 41.9 Å². The first-order valence-corrected chi connectivity index (χ1v) is 12.0. The summed E-state index contributed by atoms with van der Waals surface area (Å²) < 4.78 is 0. The van der Waals surface area contributed by atoms with Crippen molar-refractivity contribution in [3.05, 3.63) is 79.8 Å². The summed E-state index contributed by atoms with van der Waals surface area (Å²) in [5, 5.41) is 2.44. The Hall–Kier alpha value is -2.38. The molecule has 3 amide bonds. The van der Waals surface area contributed by atoms with Crippen LogP contribution in [0.5, 0.6) is 0 Å². The number of benzene rings is 2. The lowest BCUT2D eigenvalue weighted by molar-refractivity contribution is -0.154. The number of nitrogens with zero attached hydrogens (tertiary/aromatic N) is 2. The smallest absolute Gasteiger partial charge is 0.274 e. The molecule has 0 aromatic heterocycles. The van der Waals surface area contributed by atoms with Gasteiger partial charge in [-0.3, -0.25) is 19.2 Å². The molecule has 3 aliphatic rings. The van der Waals surface area contributed by atoms with Crippen LogP contribution in [-0.4, -0.2) is 40.1 Å². The third-order valence-electron chi connectivity index (χ3n) is 6.61. The highest BCUT2D eigenvalue weighted by molar-refractivity contribution is 6.37. The standard InChI is InChI=1S/C24H16Cl4N2O4/c25-13-3-5-15(17(27)8-13)19(31)10-29(22(32)16-6-4-14(26)9-18(16)28)30-23(33)20-11-1-2-12(7-11)21(20)24(30)34/h1-6,8-9,11-12,20-21H,7,10H2/t11-,12-,20+,21+/m0/s1. The van der Waals surface area contributed by atoms with Gasteiger partial charge in [-0.05, 0) is 54.7 Å². The predicted molar refractivity (Wildman–Crippen MR) is 128 cm³/mol. The number of imide groups is 1. The number of halogens is 4. The molecule has 1 saturated heterocycles. The molecule has 0 radical (unpaired) electrons. The van der Waals surface area contributed by atoms with Gasteiger partial charge in [0.15, 0.2) is 5.78 Å². The molecule has 4 atom stereocenters. The molecule has 1 aliphatic heterocycles. The molecule has 2 fully saturated rings. The van der Waals surface area contributed by atoms with E-state index in [1.165, 1.54) is 36.4 Å². The van der Waals surface area contributed by atoms with Crippen LogP contribution < -0.4 is 0 Å². The van der Waals surface area contributed by atoms with Gasteiger partial charge in [-0.15, -0.1) is 0 Å². The highest BCUT2D eigenvalue weighted by Gasteiger charge is 2.61. The van der Waals surface area contributed by atoms with Crippen LogP contribution in [0.3, 0.4) is 0 Å². The van der Waals surface area contributed by atoms with Crippen LogP contribution in [0.2, 0.25) is 20.1 Å². The number of amides is 3. The van der Waals surface area contributed by atoms with Crippen LogP contribution in [0, 0.1) is 23.7 Å². The molecule has 2 bridgehead atoms. The van der Waals surface area contributed by atoms with Crippen molar-refractivity contribution in [1.82, 2.24) is 10.0 Å². The number of carbonyl (C=O) groups is 4. The highest BCUT2D eigenvalue weighted by Crippen LogP contribution is 2.52. The minimum absolute atomic E-state index is 0.000161. The molecule has 0 spiro atoms. The van der Waals surface area contributed by atoms with E-state index in [0.29, 0.717) is 10.0 Å². The van der Waals surface area contributed by atoms with Crippen molar-refractivity contribution < 1.29 is 19.2 Å². The quantitative estimate of drug-likeness (QED) is 0.293. The third kappa shape index (κ3) is 3.73. The van der Waals surface area contributed by atoms with Crippen LogP contribution in [0.4, 0.5) is 0 Å². The lowest BCUT2D eigenvalue weighted by Gasteiger charge is -2.31. The Morgan fingerprint density at radius 2 is 1.32 bits per heavy atom. The van der Waals surface area contributed by atoms with Crippen LogP contribution in [0.1, 0.15) is 27.1 Å². The second kappa shape index (κ2) is 8.68. The van der Waals surface area contributed by atoms with Gasteiger partial charge in [-0.2, -0.15) is 5.01 Å². The molecule has 0 N–H and O–H groups in total. The molecular weight excluding hydrogens is 522 g/mol. The maximum absolute atomic E-state index is 13.6. The van der Waals surface area contributed by atoms with E-state index in [0.717, 1.165) is 16.4 Å². The molecule has 34 heavy (non-hydrogen) atoms. The van der Waals surface area contributed by atoms with E-state index >= 15 is 0 Å². The van der Waals surface area contributed by atoms with Gasteiger partial charge in [0.05, 0.1) is 27.4 Å². The first-order valence-electron chi connectivity index (χ1n) is 10.5. The molecule has 5 rings (SSSR count). The zero-order chi connectivity index (χ0) is 24.3. The van der Waals surface area contributed by atoms with Gasteiger partial charge < -0.3 is 0 Å². The summed E-state index contributed by atoms with van der Waals surface area (Å²) in [6.07, 6.45) is 4.62. The summed E-state index contributed by atoms with van der Waals surface area (Å²) in [6.45, 7) is -0.598. The van der Waals surface area contributed by atoms with Crippen molar-refractivity contribution in [3.63, 3.8) is 0 Å². The largest absolute Gasteiger partial charge is 0.292 e. The van der Waals surface area contributed by atoms with Crippen LogP contribution in [0.15, 0.2) is 48.6 Å². The van der Waals surface area contributed by atoms with Crippen LogP contribution in [-0.2, 0) is 9.59 Å². The van der Waals surface area contributed by atoms with Crippen molar-refractivity contribution in [2.45, 2.75) is 6.42 Å². The minimum Gasteiger partial charge on any atom is -0.292 e. The summed E-state index contributed by atoms with van der Waals surface area (Å²) in [4.78, 5) is 53.6. The van der Waals surface area contributed by atoms with Crippen molar-refractivity contribution >= 4 is 69.9 Å². The fourth-order valence-electron chi connectivity index (χ4n) is 5.10. The van der Waals surface area contributed by atoms with Crippen molar-refractivity contribution in [3.8, 4) is 0 Å². The van der Waals surface area contributed by atoms with Gasteiger partial charge in [0.25, 0.3) is 17.7 Å². The summed E-state index contributed by atoms with van der Waals surface area (Å²) in [5.74, 6) is -3.56. The highest BCUT2D eigenvalue weighted by atomic mass is 35.5. The monoisotopic (exact) mass is 536 g/mol. The number of hydrogen-bond donors (Lipinski definition) is 0. The number of Topliss-reactive ketones (excluding diaryl/α,β-unsaturated/α-hetero) is 1. The Balaban J connectivity index is 1.53. The molecule has 1 heterocycles. The second-order valence-electron chi connectivity index (χ2n) is 8.52. The minimum atomic E-state index is -0.776. The molecule has 2 aromatic rings. The zero-order valence-corrected chi connectivity index (χ0v) is 20.4. The van der Waals surface area contributed by atoms with Gasteiger partial charge >= 0.3 is 0 Å². The fourth-order valence-corrected chi connectivity index (χ4v) is 6.10. The second-order valence-corrected chi connectivity index (χ2v) is 10.2. The number of hydrogen-bond acceptors (Lipinski definition) is 4. The Morgan fingerprint density at radius 1 is 0.824 bits per heavy atom. The number of ketones is 1. The number of allylic oxidation sites excluding steroid dienone is 2. The van der Waals surface area contributed by atoms with Gasteiger partial charge in [0.2, 0.25) is 0 Å². The molecule has 6 nitrogen and oxygen atoms in total. The molecule has 10 heteroatoms. The van der Waals surface area contributed by atoms with E-state index in [1.54, 1.807) is 0 Å². The third-order valence-corrected chi connectivity index (χ3v) is 7.70. The lowest BCUT2D eigenvalue weighted by atomic mass is 9.85. The predicted octanol–water partition coefficient (Wildman–Crippen LogP) is 5.35. The Bertz CT molecular complexity index is 1260. The molecule has 2 aliphatic carbocycles. The Morgan fingerprint density at radius 3 is 1.82 bits per heavy atom. The van der Waals surface area contributed by atoms with Crippen molar-refractivity contribution in [2.24, 2.45) is 23.7 Å². The topological polar surface area (TPSA) is 74.8 Å². The summed E-state index contributed by atoms with van der Waals surface area (Å²) >= 11 is 24.3. The molecule has 0 unspecified atom stereocenters. The number of hydrazine groups is 1. The number of fused-ring (bicyclic) bond motifs is 5. The van der Waals surface area contributed by atoms with Crippen LogP contribution >= 0.6 is 46.4 Å². The van der Waals surface area contributed by atoms with E-state index in [2.05, 4.69) is 0 Å². The van der Waals surface area contributed by atoms with E-state index in [4.69, 9.17) is 46.4 Å². The molecule has 174 valence electrons. The van der Waals surface area contributed by atoms with E-state index in [-0.39, 0.29) is 33.0 Å².